The maximum absolute atomic E-state index is 11.7. The van der Waals surface area contributed by atoms with Crippen molar-refractivity contribution in [1.82, 2.24) is 14.9 Å². The van der Waals surface area contributed by atoms with Gasteiger partial charge in [-0.3, -0.25) is 9.78 Å². The van der Waals surface area contributed by atoms with Crippen molar-refractivity contribution in [3.8, 4) is 11.6 Å². The van der Waals surface area contributed by atoms with Crippen LogP contribution in [0.5, 0.6) is 11.6 Å². The molecule has 8 nitrogen and oxygen atoms in total. The highest BCUT2D eigenvalue weighted by Crippen LogP contribution is 2.34. The average molecular weight is 481 g/mol. The van der Waals surface area contributed by atoms with Crippen LogP contribution in [0, 0.1) is 5.92 Å². The Morgan fingerprint density at radius 3 is 2.91 bits per heavy atom. The molecule has 1 saturated heterocycles. The minimum absolute atomic E-state index is 0.00288. The van der Waals surface area contributed by atoms with Crippen LogP contribution in [0.15, 0.2) is 47.5 Å². The van der Waals surface area contributed by atoms with Gasteiger partial charge in [0.05, 0.1) is 36.8 Å². The smallest absolute Gasteiger partial charge is 0.234 e. The molecule has 0 unspecified atom stereocenters. The minimum Gasteiger partial charge on any atom is -0.491 e. The van der Waals surface area contributed by atoms with Gasteiger partial charge in [0.15, 0.2) is 0 Å². The quantitative estimate of drug-likeness (QED) is 0.530. The van der Waals surface area contributed by atoms with Crippen LogP contribution in [-0.2, 0) is 4.79 Å². The summed E-state index contributed by atoms with van der Waals surface area (Å²) in [6, 6.07) is 11.4. The number of benzene rings is 1. The van der Waals surface area contributed by atoms with E-state index in [2.05, 4.69) is 20.2 Å². The molecule has 1 fully saturated rings. The van der Waals surface area contributed by atoms with Crippen molar-refractivity contribution in [2.45, 2.75) is 23.8 Å². The van der Waals surface area contributed by atoms with Gasteiger partial charge in [0.2, 0.25) is 11.8 Å². The molecule has 2 aromatic heterocycles. The molecule has 1 aromatic carbocycles. The number of aliphatic hydroxyl groups excluding tert-OH is 1. The summed E-state index contributed by atoms with van der Waals surface area (Å²) < 4.78 is 11.4. The van der Waals surface area contributed by atoms with E-state index in [-0.39, 0.29) is 5.91 Å². The predicted molar refractivity (Wildman–Crippen MR) is 132 cm³/mol. The van der Waals surface area contributed by atoms with Crippen LogP contribution in [0.4, 0.5) is 5.69 Å². The molecule has 4 heterocycles. The summed E-state index contributed by atoms with van der Waals surface area (Å²) in [6.07, 6.45) is 3.15. The molecule has 0 radical (unpaired) electrons. The van der Waals surface area contributed by atoms with Crippen LogP contribution >= 0.6 is 11.8 Å². The summed E-state index contributed by atoms with van der Waals surface area (Å²) >= 11 is 1.53. The molecule has 0 aliphatic carbocycles. The van der Waals surface area contributed by atoms with Crippen LogP contribution in [0.1, 0.15) is 24.5 Å². The van der Waals surface area contributed by atoms with E-state index in [9.17, 15) is 9.90 Å². The number of hydrogen-bond donors (Lipinski definition) is 2. The Hall–Kier alpha value is -2.88. The normalized spacial score (nSPS) is 17.8. The molecule has 1 amide bonds. The monoisotopic (exact) mass is 480 g/mol. The number of carbonyl (C=O) groups is 1. The van der Waals surface area contributed by atoms with Gasteiger partial charge in [0.1, 0.15) is 11.3 Å². The van der Waals surface area contributed by atoms with Crippen molar-refractivity contribution in [2.75, 3.05) is 44.4 Å². The first-order valence-corrected chi connectivity index (χ1v) is 12.5. The lowest BCUT2D eigenvalue weighted by Crippen LogP contribution is -2.38. The number of nitrogens with zero attached hydrogens (tertiary/aromatic N) is 3. The van der Waals surface area contributed by atoms with Crippen LogP contribution < -0.4 is 14.8 Å². The van der Waals surface area contributed by atoms with Crippen LogP contribution in [0.3, 0.4) is 0 Å². The Kier molecular flexibility index (Phi) is 6.85. The van der Waals surface area contributed by atoms with Gasteiger partial charge in [-0.2, -0.15) is 0 Å². The molecular formula is C25H28N4O4S. The largest absolute Gasteiger partial charge is 0.491 e. The SMILES string of the molecule is COc1ccc2nccc(OCC3CCN(C[C@H](O)c4ccc5c(c4)NC(=O)CS5)CC3)c2n1. The van der Waals surface area contributed by atoms with Gasteiger partial charge in [0.25, 0.3) is 0 Å². The molecule has 2 aliphatic rings. The van der Waals surface area contributed by atoms with E-state index in [1.165, 1.54) is 11.8 Å². The first-order valence-electron chi connectivity index (χ1n) is 11.5. The Morgan fingerprint density at radius 1 is 1.24 bits per heavy atom. The van der Waals surface area contributed by atoms with Crippen LogP contribution in [0.2, 0.25) is 0 Å². The third kappa shape index (κ3) is 5.11. The van der Waals surface area contributed by atoms with Crippen LogP contribution in [0.25, 0.3) is 11.0 Å². The maximum Gasteiger partial charge on any atom is 0.234 e. The van der Waals surface area contributed by atoms with Crippen molar-refractivity contribution in [2.24, 2.45) is 5.92 Å². The Morgan fingerprint density at radius 2 is 2.09 bits per heavy atom. The lowest BCUT2D eigenvalue weighted by Gasteiger charge is -2.33. The lowest BCUT2D eigenvalue weighted by molar-refractivity contribution is -0.113. The van der Waals surface area contributed by atoms with E-state index in [4.69, 9.17) is 9.47 Å². The van der Waals surface area contributed by atoms with Gasteiger partial charge in [-0.25, -0.2) is 4.98 Å². The fourth-order valence-electron chi connectivity index (χ4n) is 4.42. The molecule has 5 rings (SSSR count). The van der Waals surface area contributed by atoms with Crippen molar-refractivity contribution < 1.29 is 19.4 Å². The third-order valence-electron chi connectivity index (χ3n) is 6.36. The van der Waals surface area contributed by atoms with E-state index in [0.717, 1.165) is 53.3 Å². The molecule has 0 bridgehead atoms. The number of aromatic nitrogens is 2. The maximum atomic E-state index is 11.7. The highest BCUT2D eigenvalue weighted by molar-refractivity contribution is 8.00. The number of likely N-dealkylation sites (tertiary alicyclic amines) is 1. The molecule has 0 saturated carbocycles. The zero-order valence-electron chi connectivity index (χ0n) is 19.1. The summed E-state index contributed by atoms with van der Waals surface area (Å²) in [5.41, 5.74) is 3.12. The zero-order chi connectivity index (χ0) is 23.5. The van der Waals surface area contributed by atoms with E-state index in [1.807, 2.05) is 30.3 Å². The average Bonchev–Trinajstić information content (AvgIpc) is 2.87. The summed E-state index contributed by atoms with van der Waals surface area (Å²) in [4.78, 5) is 23.9. The number of β-amino-alcohol motifs (C(OH)–C–C–N with tert-alkyl or cyclic N) is 1. The van der Waals surface area contributed by atoms with Gasteiger partial charge < -0.3 is 24.8 Å². The summed E-state index contributed by atoms with van der Waals surface area (Å²) in [6.45, 7) is 3.01. The van der Waals surface area contributed by atoms with Gasteiger partial charge in [-0.1, -0.05) is 6.07 Å². The Bertz CT molecular complexity index is 1180. The first-order chi connectivity index (χ1) is 16.6. The van der Waals surface area contributed by atoms with Crippen molar-refractivity contribution in [3.63, 3.8) is 0 Å². The number of nitrogens with one attached hydrogen (secondary N) is 1. The van der Waals surface area contributed by atoms with Gasteiger partial charge in [-0.05, 0) is 55.6 Å². The fraction of sp³-hybridized carbons (Fsp3) is 0.400. The number of amides is 1. The Labute approximate surface area is 202 Å². The molecule has 0 spiro atoms. The topological polar surface area (TPSA) is 96.8 Å². The number of thioether (sulfide) groups is 1. The first kappa shape index (κ1) is 22.9. The second kappa shape index (κ2) is 10.2. The predicted octanol–water partition coefficient (Wildman–Crippen LogP) is 3.51. The zero-order valence-corrected chi connectivity index (χ0v) is 19.9. The van der Waals surface area contributed by atoms with Crippen molar-refractivity contribution >= 4 is 34.4 Å². The second-order valence-electron chi connectivity index (χ2n) is 8.69. The number of pyridine rings is 2. The molecule has 1 atom stereocenters. The third-order valence-corrected chi connectivity index (χ3v) is 7.44. The standard InChI is InChI=1S/C25H28N4O4S/c1-32-24-5-3-18-25(28-24)21(6-9-26-18)33-14-16-7-10-29(11-8-16)13-20(30)17-2-4-22-19(12-17)27-23(31)15-34-22/h2-6,9,12,16,20,30H,7-8,10-11,13-15H2,1H3,(H,27,31)/t20-/m0/s1. The molecule has 34 heavy (non-hydrogen) atoms. The number of carbonyl (C=O) groups excluding carboxylic acids is 1. The molecule has 178 valence electrons. The van der Waals surface area contributed by atoms with Gasteiger partial charge in [-0.15, -0.1) is 11.8 Å². The summed E-state index contributed by atoms with van der Waals surface area (Å²) in [5, 5.41) is 13.7. The van der Waals surface area contributed by atoms with E-state index in [0.29, 0.717) is 36.2 Å². The highest BCUT2D eigenvalue weighted by atomic mass is 32.2. The number of piperidine rings is 1. The Balaban J connectivity index is 1.13. The number of rotatable bonds is 7. The summed E-state index contributed by atoms with van der Waals surface area (Å²) in [5.74, 6) is 2.15. The minimum atomic E-state index is -0.592. The molecule has 2 aliphatic heterocycles. The molecular weight excluding hydrogens is 452 g/mol. The summed E-state index contributed by atoms with van der Waals surface area (Å²) in [7, 11) is 1.60. The number of ether oxygens (including phenoxy) is 2. The number of fused-ring (bicyclic) bond motifs is 2. The van der Waals surface area contributed by atoms with Crippen molar-refractivity contribution in [3.05, 3.63) is 48.2 Å². The van der Waals surface area contributed by atoms with Crippen molar-refractivity contribution in [1.29, 1.82) is 0 Å². The number of hydrogen-bond acceptors (Lipinski definition) is 8. The van der Waals surface area contributed by atoms with E-state index < -0.39 is 6.10 Å². The highest BCUT2D eigenvalue weighted by Gasteiger charge is 2.24. The molecule has 2 N–H and O–H groups in total. The molecule has 9 heteroatoms. The number of aliphatic hydroxyl groups is 1. The van der Waals surface area contributed by atoms with Gasteiger partial charge >= 0.3 is 0 Å². The van der Waals surface area contributed by atoms with E-state index >= 15 is 0 Å². The van der Waals surface area contributed by atoms with E-state index in [1.54, 1.807) is 19.4 Å². The second-order valence-corrected chi connectivity index (χ2v) is 9.71. The number of anilines is 1. The lowest BCUT2D eigenvalue weighted by atomic mass is 9.97. The molecule has 3 aromatic rings. The number of methoxy groups -OCH3 is 1. The van der Waals surface area contributed by atoms with Crippen LogP contribution in [-0.4, -0.2) is 65.0 Å². The fourth-order valence-corrected chi connectivity index (χ4v) is 5.20. The van der Waals surface area contributed by atoms with Gasteiger partial charge in [0, 0.05) is 29.8 Å².